The van der Waals surface area contributed by atoms with Crippen LogP contribution in [-0.4, -0.2) is 21.6 Å². The van der Waals surface area contributed by atoms with E-state index in [2.05, 4.69) is 5.32 Å². The van der Waals surface area contributed by atoms with E-state index in [1.807, 2.05) is 0 Å². The number of carbonyl (C=O) groups is 2. The van der Waals surface area contributed by atoms with Gasteiger partial charge in [-0.15, -0.1) is 0 Å². The minimum atomic E-state index is -0.868. The van der Waals surface area contributed by atoms with Gasteiger partial charge in [-0.05, 0) is 25.0 Å². The van der Waals surface area contributed by atoms with Crippen LogP contribution in [0.2, 0.25) is 0 Å². The SMILES string of the molecule is Cn1cccc(NC(=O)CCCCC(=O)O)c1=O. The Balaban J connectivity index is 2.43. The van der Waals surface area contributed by atoms with Gasteiger partial charge in [0.15, 0.2) is 0 Å². The zero-order chi connectivity index (χ0) is 13.5. The standard InChI is InChI=1S/C12H16N2O4/c1-14-8-4-5-9(12(14)18)13-10(15)6-2-3-7-11(16)17/h4-5,8H,2-3,6-7H2,1H3,(H,13,15)(H,16,17). The number of aromatic nitrogens is 1. The van der Waals surface area contributed by atoms with Crippen molar-refractivity contribution in [3.63, 3.8) is 0 Å². The van der Waals surface area contributed by atoms with Gasteiger partial charge in [0.05, 0.1) is 0 Å². The van der Waals surface area contributed by atoms with Crippen LogP contribution in [0.15, 0.2) is 23.1 Å². The first kappa shape index (κ1) is 14.0. The zero-order valence-electron chi connectivity index (χ0n) is 10.2. The van der Waals surface area contributed by atoms with E-state index >= 15 is 0 Å². The number of nitrogens with zero attached hydrogens (tertiary/aromatic N) is 1. The first-order chi connectivity index (χ1) is 8.50. The summed E-state index contributed by atoms with van der Waals surface area (Å²) in [6.45, 7) is 0. The molecule has 0 radical (unpaired) electrons. The molecule has 0 aliphatic carbocycles. The van der Waals surface area contributed by atoms with Crippen LogP contribution in [0.1, 0.15) is 25.7 Å². The maximum atomic E-state index is 11.6. The van der Waals surface area contributed by atoms with Gasteiger partial charge in [0.2, 0.25) is 5.91 Å². The van der Waals surface area contributed by atoms with Crippen LogP contribution in [-0.2, 0) is 16.6 Å². The van der Waals surface area contributed by atoms with E-state index in [-0.39, 0.29) is 30.0 Å². The fourth-order valence-corrected chi connectivity index (χ4v) is 1.47. The van der Waals surface area contributed by atoms with Gasteiger partial charge in [0, 0.05) is 26.1 Å². The number of carboxylic acids is 1. The summed E-state index contributed by atoms with van der Waals surface area (Å²) in [7, 11) is 1.60. The number of aliphatic carboxylic acids is 1. The molecular formula is C12H16N2O4. The van der Waals surface area contributed by atoms with Crippen LogP contribution < -0.4 is 10.9 Å². The fourth-order valence-electron chi connectivity index (χ4n) is 1.47. The number of hydrogen-bond acceptors (Lipinski definition) is 3. The number of carbonyl (C=O) groups excluding carboxylic acids is 1. The highest BCUT2D eigenvalue weighted by Gasteiger charge is 2.06. The van der Waals surface area contributed by atoms with Crippen molar-refractivity contribution in [2.24, 2.45) is 7.05 Å². The van der Waals surface area contributed by atoms with Gasteiger partial charge in [-0.25, -0.2) is 0 Å². The number of carboxylic acid groups (broad SMARTS) is 1. The molecule has 6 nitrogen and oxygen atoms in total. The molecule has 1 amide bonds. The largest absolute Gasteiger partial charge is 0.481 e. The lowest BCUT2D eigenvalue weighted by Gasteiger charge is -2.05. The molecule has 0 saturated carbocycles. The number of hydrogen-bond donors (Lipinski definition) is 2. The van der Waals surface area contributed by atoms with Crippen molar-refractivity contribution in [1.82, 2.24) is 4.57 Å². The molecule has 0 bridgehead atoms. The Kier molecular flexibility index (Phi) is 5.10. The number of aryl methyl sites for hydroxylation is 1. The molecule has 0 unspecified atom stereocenters. The van der Waals surface area contributed by atoms with Gasteiger partial charge >= 0.3 is 5.97 Å². The highest BCUT2D eigenvalue weighted by Crippen LogP contribution is 2.03. The molecule has 1 aromatic heterocycles. The number of nitrogens with one attached hydrogen (secondary N) is 1. The zero-order valence-corrected chi connectivity index (χ0v) is 10.2. The van der Waals surface area contributed by atoms with Gasteiger partial charge in [-0.3, -0.25) is 14.4 Å². The molecule has 6 heteroatoms. The highest BCUT2D eigenvalue weighted by atomic mass is 16.4. The Labute approximate surface area is 104 Å². The summed E-state index contributed by atoms with van der Waals surface area (Å²) < 4.78 is 1.38. The monoisotopic (exact) mass is 252 g/mol. The predicted octanol–water partition coefficient (Wildman–Crippen LogP) is 0.969. The van der Waals surface area contributed by atoms with Gasteiger partial charge in [-0.1, -0.05) is 0 Å². The molecule has 2 N–H and O–H groups in total. The van der Waals surface area contributed by atoms with Gasteiger partial charge < -0.3 is 15.0 Å². The second kappa shape index (κ2) is 6.58. The average Bonchev–Trinajstić information content (AvgIpc) is 2.30. The smallest absolute Gasteiger partial charge is 0.303 e. The van der Waals surface area contributed by atoms with Gasteiger partial charge in [0.25, 0.3) is 5.56 Å². The molecule has 0 spiro atoms. The number of pyridine rings is 1. The predicted molar refractivity (Wildman–Crippen MR) is 66.4 cm³/mol. The van der Waals surface area contributed by atoms with Crippen LogP contribution in [0.3, 0.4) is 0 Å². The maximum absolute atomic E-state index is 11.6. The van der Waals surface area contributed by atoms with E-state index in [0.29, 0.717) is 12.8 Å². The fraction of sp³-hybridized carbons (Fsp3) is 0.417. The van der Waals surface area contributed by atoms with Crippen LogP contribution in [0.5, 0.6) is 0 Å². The number of amides is 1. The molecule has 18 heavy (non-hydrogen) atoms. The third kappa shape index (κ3) is 4.40. The Morgan fingerprint density at radius 1 is 1.33 bits per heavy atom. The third-order valence-corrected chi connectivity index (χ3v) is 2.44. The van der Waals surface area contributed by atoms with Crippen LogP contribution in [0.25, 0.3) is 0 Å². The van der Waals surface area contributed by atoms with Crippen molar-refractivity contribution in [3.05, 3.63) is 28.7 Å². The molecule has 0 aliphatic heterocycles. The van der Waals surface area contributed by atoms with Crippen molar-refractivity contribution in [2.45, 2.75) is 25.7 Å². The van der Waals surface area contributed by atoms with E-state index in [1.165, 1.54) is 10.6 Å². The first-order valence-corrected chi connectivity index (χ1v) is 5.68. The van der Waals surface area contributed by atoms with E-state index < -0.39 is 5.97 Å². The minimum absolute atomic E-state index is 0.0559. The average molecular weight is 252 g/mol. The third-order valence-electron chi connectivity index (χ3n) is 2.44. The van der Waals surface area contributed by atoms with E-state index in [4.69, 9.17) is 5.11 Å². The molecule has 1 heterocycles. The van der Waals surface area contributed by atoms with Crippen LogP contribution in [0, 0.1) is 0 Å². The summed E-state index contributed by atoms with van der Waals surface area (Å²) in [6.07, 6.45) is 2.82. The minimum Gasteiger partial charge on any atom is -0.481 e. The topological polar surface area (TPSA) is 88.4 Å². The lowest BCUT2D eigenvalue weighted by atomic mass is 10.2. The second-order valence-corrected chi connectivity index (χ2v) is 3.99. The number of rotatable bonds is 6. The van der Waals surface area contributed by atoms with Crippen LogP contribution in [0.4, 0.5) is 5.69 Å². The maximum Gasteiger partial charge on any atom is 0.303 e. The van der Waals surface area contributed by atoms with E-state index in [1.54, 1.807) is 19.3 Å². The molecule has 0 saturated heterocycles. The Morgan fingerprint density at radius 2 is 2.00 bits per heavy atom. The van der Waals surface area contributed by atoms with Crippen molar-refractivity contribution < 1.29 is 14.7 Å². The van der Waals surface area contributed by atoms with E-state index in [0.717, 1.165) is 0 Å². The van der Waals surface area contributed by atoms with Crippen molar-refractivity contribution in [3.8, 4) is 0 Å². The number of unbranched alkanes of at least 4 members (excludes halogenated alkanes) is 1. The van der Waals surface area contributed by atoms with Crippen molar-refractivity contribution in [1.29, 1.82) is 0 Å². The molecule has 1 rings (SSSR count). The molecule has 0 fully saturated rings. The van der Waals surface area contributed by atoms with Gasteiger partial charge in [-0.2, -0.15) is 0 Å². The Hall–Kier alpha value is -2.11. The molecule has 98 valence electrons. The summed E-state index contributed by atoms with van der Waals surface area (Å²) in [4.78, 5) is 33.4. The summed E-state index contributed by atoms with van der Waals surface area (Å²) in [5, 5.41) is 11.0. The lowest BCUT2D eigenvalue weighted by molar-refractivity contribution is -0.137. The Morgan fingerprint density at radius 3 is 2.67 bits per heavy atom. The van der Waals surface area contributed by atoms with Crippen molar-refractivity contribution >= 4 is 17.6 Å². The molecular weight excluding hydrogens is 236 g/mol. The Bertz CT molecular complexity index is 493. The van der Waals surface area contributed by atoms with Crippen LogP contribution >= 0.6 is 0 Å². The van der Waals surface area contributed by atoms with Crippen molar-refractivity contribution in [2.75, 3.05) is 5.32 Å². The lowest BCUT2D eigenvalue weighted by Crippen LogP contribution is -2.23. The summed E-state index contributed by atoms with van der Waals surface area (Å²) in [5.74, 6) is -1.14. The molecule has 0 atom stereocenters. The number of anilines is 1. The molecule has 0 aliphatic rings. The molecule has 0 aromatic carbocycles. The van der Waals surface area contributed by atoms with E-state index in [9.17, 15) is 14.4 Å². The quantitative estimate of drug-likeness (QED) is 0.738. The normalized spacial score (nSPS) is 10.1. The highest BCUT2D eigenvalue weighted by molar-refractivity contribution is 5.90. The van der Waals surface area contributed by atoms with Gasteiger partial charge in [0.1, 0.15) is 5.69 Å². The summed E-state index contributed by atoms with van der Waals surface area (Å²) >= 11 is 0. The summed E-state index contributed by atoms with van der Waals surface area (Å²) in [5.41, 5.74) is -0.0281. The molecule has 1 aromatic rings. The first-order valence-electron chi connectivity index (χ1n) is 5.68. The summed E-state index contributed by atoms with van der Waals surface area (Å²) in [6, 6.07) is 3.21. The second-order valence-electron chi connectivity index (χ2n) is 3.99.